The molecular weight excluding hydrogens is 288 g/mol. The lowest BCUT2D eigenvalue weighted by Crippen LogP contribution is -2.40. The molecule has 1 atom stereocenters. The van der Waals surface area contributed by atoms with Crippen LogP contribution in [-0.2, 0) is 9.53 Å². The highest BCUT2D eigenvalue weighted by atomic mass is 16.5. The Bertz CT molecular complexity index is 560. The second-order valence-corrected chi connectivity index (χ2v) is 6.02. The third-order valence-corrected chi connectivity index (χ3v) is 4.23. The minimum absolute atomic E-state index is 0.373. The smallest absolute Gasteiger partial charge is 0.340 e. The van der Waals surface area contributed by atoms with Crippen LogP contribution in [0.3, 0.4) is 0 Å². The molecule has 1 aromatic rings. The van der Waals surface area contributed by atoms with Crippen molar-refractivity contribution in [1.82, 2.24) is 0 Å². The molecule has 0 saturated carbocycles. The number of unbranched alkanes of at least 4 members (excludes halogenated alkanes) is 4. The molecule has 0 heterocycles. The molecule has 1 unspecified atom stereocenters. The van der Waals surface area contributed by atoms with Gasteiger partial charge < -0.3 is 9.84 Å². The first-order chi connectivity index (χ1) is 11.2. The number of carbonyl (C=O) groups is 1. The minimum Gasteiger partial charge on any atom is -0.479 e. The van der Waals surface area contributed by atoms with E-state index >= 15 is 0 Å². The topological polar surface area (TPSA) is 46.5 Å². The van der Waals surface area contributed by atoms with E-state index in [-0.39, 0.29) is 0 Å². The molecule has 1 N–H and O–H groups in total. The van der Waals surface area contributed by atoms with Crippen LogP contribution in [0.2, 0.25) is 0 Å². The van der Waals surface area contributed by atoms with E-state index in [1.807, 2.05) is 42.5 Å². The third-order valence-electron chi connectivity index (χ3n) is 4.23. The van der Waals surface area contributed by atoms with Crippen LogP contribution in [0, 0.1) is 0 Å². The van der Waals surface area contributed by atoms with Gasteiger partial charge in [0.15, 0.2) is 5.60 Å². The van der Waals surface area contributed by atoms with Crippen LogP contribution in [0.1, 0.15) is 51.0 Å². The number of benzene rings is 1. The molecule has 23 heavy (non-hydrogen) atoms. The summed E-state index contributed by atoms with van der Waals surface area (Å²) in [5.74, 6) is -0.911. The number of hydrogen-bond donors (Lipinski definition) is 1. The number of carboxylic acids is 1. The summed E-state index contributed by atoms with van der Waals surface area (Å²) in [4.78, 5) is 11.7. The van der Waals surface area contributed by atoms with Crippen molar-refractivity contribution in [2.24, 2.45) is 0 Å². The lowest BCUT2D eigenvalue weighted by atomic mass is 9.89. The fourth-order valence-corrected chi connectivity index (χ4v) is 2.75. The van der Waals surface area contributed by atoms with Crippen LogP contribution < -0.4 is 0 Å². The standard InChI is InChI=1S/C20H26O3/c1-2-3-4-5-9-16-23-20(19(21)22)14-12-18(13-15-20)17-10-7-6-8-11-17/h6-8,10-14H,2-5,9,15-16H2,1H3,(H,21,22). The van der Waals surface area contributed by atoms with Crippen LogP contribution in [0.15, 0.2) is 48.6 Å². The molecule has 0 spiro atoms. The van der Waals surface area contributed by atoms with Crippen molar-refractivity contribution in [2.75, 3.05) is 6.61 Å². The molecular formula is C20H26O3. The Morgan fingerprint density at radius 3 is 2.52 bits per heavy atom. The molecule has 2 rings (SSSR count). The molecule has 0 saturated heterocycles. The summed E-state index contributed by atoms with van der Waals surface area (Å²) in [6, 6.07) is 9.99. The summed E-state index contributed by atoms with van der Waals surface area (Å²) in [5, 5.41) is 9.58. The molecule has 3 heteroatoms. The maximum absolute atomic E-state index is 11.7. The highest BCUT2D eigenvalue weighted by molar-refractivity contribution is 5.85. The number of allylic oxidation sites excluding steroid dienone is 2. The van der Waals surface area contributed by atoms with E-state index in [0.29, 0.717) is 13.0 Å². The zero-order valence-corrected chi connectivity index (χ0v) is 13.8. The van der Waals surface area contributed by atoms with Crippen LogP contribution in [0.4, 0.5) is 0 Å². The Labute approximate surface area is 138 Å². The maximum Gasteiger partial charge on any atom is 0.340 e. The van der Waals surface area contributed by atoms with Gasteiger partial charge >= 0.3 is 5.97 Å². The quantitative estimate of drug-likeness (QED) is 0.663. The fourth-order valence-electron chi connectivity index (χ4n) is 2.75. The second kappa shape index (κ2) is 8.68. The molecule has 0 aromatic heterocycles. The lowest BCUT2D eigenvalue weighted by Gasteiger charge is -2.28. The summed E-state index contributed by atoms with van der Waals surface area (Å²) in [5.41, 5.74) is 0.944. The highest BCUT2D eigenvalue weighted by Crippen LogP contribution is 2.30. The molecule has 3 nitrogen and oxygen atoms in total. The van der Waals surface area contributed by atoms with E-state index in [9.17, 15) is 9.90 Å². The van der Waals surface area contributed by atoms with E-state index in [0.717, 1.165) is 24.0 Å². The first kappa shape index (κ1) is 17.5. The molecule has 0 amide bonds. The Kier molecular flexibility index (Phi) is 6.60. The predicted molar refractivity (Wildman–Crippen MR) is 93.3 cm³/mol. The average molecular weight is 314 g/mol. The molecule has 0 bridgehead atoms. The van der Waals surface area contributed by atoms with Gasteiger partial charge in [0, 0.05) is 13.0 Å². The van der Waals surface area contributed by atoms with E-state index in [1.165, 1.54) is 19.3 Å². The first-order valence-electron chi connectivity index (χ1n) is 8.50. The van der Waals surface area contributed by atoms with E-state index in [2.05, 4.69) is 6.92 Å². The second-order valence-electron chi connectivity index (χ2n) is 6.02. The van der Waals surface area contributed by atoms with Gasteiger partial charge in [-0.3, -0.25) is 0 Å². The van der Waals surface area contributed by atoms with E-state index in [4.69, 9.17) is 4.74 Å². The zero-order valence-electron chi connectivity index (χ0n) is 13.8. The number of aliphatic carboxylic acids is 1. The largest absolute Gasteiger partial charge is 0.479 e. The predicted octanol–water partition coefficient (Wildman–Crippen LogP) is 4.84. The molecule has 0 radical (unpaired) electrons. The van der Waals surface area contributed by atoms with Gasteiger partial charge in [0.05, 0.1) is 0 Å². The molecule has 0 aliphatic heterocycles. The van der Waals surface area contributed by atoms with Gasteiger partial charge in [-0.15, -0.1) is 0 Å². The van der Waals surface area contributed by atoms with Crippen molar-refractivity contribution < 1.29 is 14.6 Å². The van der Waals surface area contributed by atoms with Crippen molar-refractivity contribution in [3.05, 3.63) is 54.1 Å². The summed E-state index contributed by atoms with van der Waals surface area (Å²) >= 11 is 0. The molecule has 1 aliphatic carbocycles. The first-order valence-corrected chi connectivity index (χ1v) is 8.50. The van der Waals surface area contributed by atoms with Gasteiger partial charge in [-0.05, 0) is 23.6 Å². The fraction of sp³-hybridized carbons (Fsp3) is 0.450. The van der Waals surface area contributed by atoms with Gasteiger partial charge in [0.2, 0.25) is 0 Å². The molecule has 0 fully saturated rings. The van der Waals surface area contributed by atoms with Crippen LogP contribution in [0.25, 0.3) is 5.57 Å². The van der Waals surface area contributed by atoms with Gasteiger partial charge in [-0.2, -0.15) is 0 Å². The summed E-state index contributed by atoms with van der Waals surface area (Å²) in [7, 11) is 0. The van der Waals surface area contributed by atoms with Crippen LogP contribution in [-0.4, -0.2) is 23.3 Å². The molecule has 1 aliphatic rings. The normalized spacial score (nSPS) is 20.3. The minimum atomic E-state index is -1.21. The Morgan fingerprint density at radius 1 is 1.17 bits per heavy atom. The van der Waals surface area contributed by atoms with Crippen molar-refractivity contribution >= 4 is 11.5 Å². The van der Waals surface area contributed by atoms with Crippen molar-refractivity contribution in [3.63, 3.8) is 0 Å². The number of hydrogen-bond acceptors (Lipinski definition) is 2. The van der Waals surface area contributed by atoms with Gasteiger partial charge in [-0.1, -0.05) is 75.1 Å². The van der Waals surface area contributed by atoms with Crippen LogP contribution in [0.5, 0.6) is 0 Å². The number of ether oxygens (including phenoxy) is 1. The van der Waals surface area contributed by atoms with E-state index in [1.54, 1.807) is 6.08 Å². The Morgan fingerprint density at radius 2 is 1.91 bits per heavy atom. The third kappa shape index (κ3) is 4.80. The Hall–Kier alpha value is -1.87. The Balaban J connectivity index is 1.92. The van der Waals surface area contributed by atoms with Crippen molar-refractivity contribution in [1.29, 1.82) is 0 Å². The van der Waals surface area contributed by atoms with Crippen LogP contribution >= 0.6 is 0 Å². The van der Waals surface area contributed by atoms with Gasteiger partial charge in [0.25, 0.3) is 0 Å². The van der Waals surface area contributed by atoms with Crippen molar-refractivity contribution in [3.8, 4) is 0 Å². The summed E-state index contributed by atoms with van der Waals surface area (Å²) < 4.78 is 5.77. The highest BCUT2D eigenvalue weighted by Gasteiger charge is 2.37. The zero-order chi connectivity index (χ0) is 16.5. The maximum atomic E-state index is 11.7. The molecule has 1 aromatic carbocycles. The number of rotatable bonds is 9. The molecule has 124 valence electrons. The SMILES string of the molecule is CCCCCCCOC1(C(=O)O)C=CC(c2ccccc2)=CC1. The van der Waals surface area contributed by atoms with E-state index < -0.39 is 11.6 Å². The van der Waals surface area contributed by atoms with Gasteiger partial charge in [0.1, 0.15) is 0 Å². The monoisotopic (exact) mass is 314 g/mol. The number of carboxylic acid groups (broad SMARTS) is 1. The summed E-state index contributed by atoms with van der Waals surface area (Å²) in [6.07, 6.45) is 11.5. The lowest BCUT2D eigenvalue weighted by molar-refractivity contribution is -0.159. The average Bonchev–Trinajstić information content (AvgIpc) is 2.59. The van der Waals surface area contributed by atoms with Crippen molar-refractivity contribution in [2.45, 2.75) is 51.0 Å². The van der Waals surface area contributed by atoms with Gasteiger partial charge in [-0.25, -0.2) is 4.79 Å². The summed E-state index contributed by atoms with van der Waals surface area (Å²) in [6.45, 7) is 2.67.